The molecule has 0 radical (unpaired) electrons. The third-order valence-electron chi connectivity index (χ3n) is 12.0. The largest absolute Gasteiger partial charge is 0.465 e. The van der Waals surface area contributed by atoms with Crippen molar-refractivity contribution in [2.75, 3.05) is 23.7 Å². The molecule has 0 unspecified atom stereocenters. The van der Waals surface area contributed by atoms with E-state index in [1.807, 2.05) is 69.3 Å². The Morgan fingerprint density at radius 2 is 1.05 bits per heavy atom. The number of carboxylic acid groups (broad SMARTS) is 1. The minimum Gasteiger partial charge on any atom is -0.465 e. The van der Waals surface area contributed by atoms with Crippen molar-refractivity contribution in [3.05, 3.63) is 121 Å². The molecule has 2 aliphatic rings. The molecule has 0 spiro atoms. The van der Waals surface area contributed by atoms with Crippen LogP contribution in [0.15, 0.2) is 110 Å². The van der Waals surface area contributed by atoms with Crippen LogP contribution >= 0.6 is 0 Å². The summed E-state index contributed by atoms with van der Waals surface area (Å²) < 4.78 is 77.6. The minimum absolute atomic E-state index is 0.235. The van der Waals surface area contributed by atoms with Crippen LogP contribution in [0.3, 0.4) is 0 Å². The number of anilines is 2. The fraction of sp³-hybridized carbons (Fsp3) is 0.333. The van der Waals surface area contributed by atoms with Crippen molar-refractivity contribution in [3.8, 4) is 22.5 Å². The molecule has 11 nitrogen and oxygen atoms in total. The number of carbonyl (C=O) groups is 2. The van der Waals surface area contributed by atoms with Crippen molar-refractivity contribution in [2.45, 2.75) is 88.3 Å². The molecule has 2 heterocycles. The molecular formula is C48H48F6N8O3. The van der Waals surface area contributed by atoms with Crippen LogP contribution in [0.25, 0.3) is 44.1 Å². The number of alkyl halides is 6. The number of amides is 2. The molecule has 4 aromatic carbocycles. The highest BCUT2D eigenvalue weighted by Crippen LogP contribution is 2.41. The van der Waals surface area contributed by atoms with Gasteiger partial charge < -0.3 is 26.0 Å². The number of carbonyl (C=O) groups excluding carboxylic acids is 1. The Hall–Kier alpha value is -6.78. The van der Waals surface area contributed by atoms with Gasteiger partial charge in [0, 0.05) is 51.3 Å². The number of rotatable bonds is 11. The fourth-order valence-electron chi connectivity index (χ4n) is 8.05. The summed E-state index contributed by atoms with van der Waals surface area (Å²) in [6, 6.07) is 24.7. The number of aromatic nitrogens is 4. The molecule has 4 N–H and O–H groups in total. The SMILES string of the molecule is C=CC(=O)NCC1(Nc2nnc(-c3ccc(C(F)(F)F)cc3)c3ccccc23)CCC1.CC(C)(C)N(CC1(Nc2nnc(-c3ccc(C(F)(F)F)cc3)c3ccccc23)CCC1)C(=O)O. The quantitative estimate of drug-likeness (QED) is 0.0737. The second kappa shape index (κ2) is 18.0. The number of benzene rings is 4. The van der Waals surface area contributed by atoms with Gasteiger partial charge in [-0.05, 0) is 89.6 Å². The molecule has 340 valence electrons. The highest BCUT2D eigenvalue weighted by atomic mass is 19.4. The number of nitrogens with one attached hydrogen (secondary N) is 3. The third-order valence-corrected chi connectivity index (χ3v) is 12.0. The summed E-state index contributed by atoms with van der Waals surface area (Å²) >= 11 is 0. The van der Waals surface area contributed by atoms with Crippen molar-refractivity contribution in [1.29, 1.82) is 0 Å². The number of fused-ring (bicyclic) bond motifs is 2. The van der Waals surface area contributed by atoms with Crippen LogP contribution in [-0.4, -0.2) is 72.1 Å². The van der Waals surface area contributed by atoms with E-state index in [1.54, 1.807) is 0 Å². The van der Waals surface area contributed by atoms with Crippen LogP contribution in [0.2, 0.25) is 0 Å². The lowest BCUT2D eigenvalue weighted by molar-refractivity contribution is -0.138. The van der Waals surface area contributed by atoms with E-state index in [9.17, 15) is 41.0 Å². The van der Waals surface area contributed by atoms with Gasteiger partial charge in [-0.2, -0.15) is 26.3 Å². The fourth-order valence-corrected chi connectivity index (χ4v) is 8.05. The maximum absolute atomic E-state index is 13.0. The number of nitrogens with zero attached hydrogens (tertiary/aromatic N) is 5. The lowest BCUT2D eigenvalue weighted by Gasteiger charge is -2.48. The van der Waals surface area contributed by atoms with E-state index < -0.39 is 40.7 Å². The Bertz CT molecular complexity index is 2690. The molecule has 0 aliphatic heterocycles. The Morgan fingerprint density at radius 1 is 0.646 bits per heavy atom. The van der Waals surface area contributed by atoms with Crippen LogP contribution < -0.4 is 16.0 Å². The number of hydrogen-bond donors (Lipinski definition) is 4. The predicted octanol–water partition coefficient (Wildman–Crippen LogP) is 11.4. The monoisotopic (exact) mass is 898 g/mol. The average molecular weight is 899 g/mol. The smallest absolute Gasteiger partial charge is 0.416 e. The molecule has 65 heavy (non-hydrogen) atoms. The lowest BCUT2D eigenvalue weighted by atomic mass is 9.75. The van der Waals surface area contributed by atoms with Gasteiger partial charge in [-0.3, -0.25) is 4.79 Å². The summed E-state index contributed by atoms with van der Waals surface area (Å²) in [6.07, 6.45) is -3.19. The molecular weight excluding hydrogens is 851 g/mol. The molecule has 8 rings (SSSR count). The first kappa shape index (κ1) is 46.2. The molecule has 2 aliphatic carbocycles. The topological polar surface area (TPSA) is 145 Å². The molecule has 6 aromatic rings. The summed E-state index contributed by atoms with van der Waals surface area (Å²) in [7, 11) is 0. The standard InChI is InChI=1S/C25H27F3N4O2.C23H21F3N4O/c1-23(2,3)32(22(33)34)15-24(13-6-14-24)29-21-19-8-5-4-7-18(19)20(30-31-21)16-9-11-17(12-10-16)25(26,27)28;1-2-19(31)27-14-22(12-5-13-22)28-21-18-7-4-3-6-17(18)20(29-30-21)15-8-10-16(11-9-15)23(24,25)26/h4-5,7-12H,6,13-15H2,1-3H3,(H,29,31)(H,33,34);2-4,6-11H,1,5,12-14H2,(H,27,31)(H,28,30). The first-order valence-electron chi connectivity index (χ1n) is 21.0. The summed E-state index contributed by atoms with van der Waals surface area (Å²) in [4.78, 5) is 24.9. The van der Waals surface area contributed by atoms with Gasteiger partial charge in [0.05, 0.1) is 22.2 Å². The normalized spacial score (nSPS) is 15.4. The van der Waals surface area contributed by atoms with Crippen molar-refractivity contribution in [2.24, 2.45) is 0 Å². The number of halogens is 6. The minimum atomic E-state index is -4.41. The maximum atomic E-state index is 13.0. The molecule has 0 atom stereocenters. The van der Waals surface area contributed by atoms with E-state index in [0.717, 1.165) is 84.3 Å². The lowest BCUT2D eigenvalue weighted by Crippen LogP contribution is -2.59. The van der Waals surface area contributed by atoms with Gasteiger partial charge in [-0.15, -0.1) is 20.4 Å². The first-order chi connectivity index (χ1) is 30.7. The van der Waals surface area contributed by atoms with Crippen LogP contribution in [0.5, 0.6) is 0 Å². The van der Waals surface area contributed by atoms with Gasteiger partial charge in [0.1, 0.15) is 11.4 Å². The maximum Gasteiger partial charge on any atom is 0.416 e. The highest BCUT2D eigenvalue weighted by molar-refractivity contribution is 6.01. The molecule has 2 fully saturated rings. The zero-order chi connectivity index (χ0) is 46.8. The molecule has 2 aromatic heterocycles. The van der Waals surface area contributed by atoms with Gasteiger partial charge in [-0.25, -0.2) is 4.79 Å². The van der Waals surface area contributed by atoms with E-state index in [4.69, 9.17) is 0 Å². The van der Waals surface area contributed by atoms with Gasteiger partial charge >= 0.3 is 18.4 Å². The average Bonchev–Trinajstić information content (AvgIpc) is 3.24. The second-order valence-electron chi connectivity index (χ2n) is 17.5. The van der Waals surface area contributed by atoms with Crippen molar-refractivity contribution in [1.82, 2.24) is 30.6 Å². The third kappa shape index (κ3) is 10.3. The van der Waals surface area contributed by atoms with Gasteiger partial charge in [0.2, 0.25) is 5.91 Å². The Morgan fingerprint density at radius 3 is 1.38 bits per heavy atom. The predicted molar refractivity (Wildman–Crippen MR) is 238 cm³/mol. The van der Waals surface area contributed by atoms with Gasteiger partial charge in [0.25, 0.3) is 0 Å². The second-order valence-corrected chi connectivity index (χ2v) is 17.5. The summed E-state index contributed by atoms with van der Waals surface area (Å²) in [5, 5.41) is 40.1. The number of hydrogen-bond acceptors (Lipinski definition) is 8. The Labute approximate surface area is 371 Å². The van der Waals surface area contributed by atoms with E-state index in [1.165, 1.54) is 35.2 Å². The summed E-state index contributed by atoms with van der Waals surface area (Å²) in [5.41, 5.74) is -0.676. The van der Waals surface area contributed by atoms with Crippen LogP contribution in [0.1, 0.15) is 70.4 Å². The zero-order valence-corrected chi connectivity index (χ0v) is 35.9. The summed E-state index contributed by atoms with van der Waals surface area (Å²) in [6.45, 7) is 9.81. The van der Waals surface area contributed by atoms with Crippen LogP contribution in [0.4, 0.5) is 42.8 Å². The molecule has 0 saturated heterocycles. The molecule has 2 amide bonds. The van der Waals surface area contributed by atoms with Crippen molar-refractivity contribution >= 4 is 45.2 Å². The molecule has 2 saturated carbocycles. The Kier molecular flexibility index (Phi) is 12.8. The Balaban J connectivity index is 0.000000195. The van der Waals surface area contributed by atoms with Gasteiger partial charge in [0.15, 0.2) is 11.6 Å². The van der Waals surface area contributed by atoms with Crippen molar-refractivity contribution < 1.29 is 41.0 Å². The van der Waals surface area contributed by atoms with Crippen molar-refractivity contribution in [3.63, 3.8) is 0 Å². The van der Waals surface area contributed by atoms with E-state index in [-0.39, 0.29) is 11.4 Å². The van der Waals surface area contributed by atoms with E-state index in [2.05, 4.69) is 42.9 Å². The van der Waals surface area contributed by atoms with Crippen LogP contribution in [0, 0.1) is 0 Å². The molecule has 0 bridgehead atoms. The summed E-state index contributed by atoms with van der Waals surface area (Å²) in [5.74, 6) is 0.880. The van der Waals surface area contributed by atoms with E-state index in [0.29, 0.717) is 47.2 Å². The highest BCUT2D eigenvalue weighted by Gasteiger charge is 2.43. The first-order valence-corrected chi connectivity index (χ1v) is 21.0. The zero-order valence-electron chi connectivity index (χ0n) is 35.9. The molecule has 17 heteroatoms. The van der Waals surface area contributed by atoms with E-state index >= 15 is 0 Å². The van der Waals surface area contributed by atoms with Crippen LogP contribution in [-0.2, 0) is 17.1 Å². The van der Waals surface area contributed by atoms with Gasteiger partial charge in [-0.1, -0.05) is 79.4 Å².